The van der Waals surface area contributed by atoms with Gasteiger partial charge >= 0.3 is 7.60 Å². The molecule has 0 amide bonds. The Morgan fingerprint density at radius 1 is 1.22 bits per heavy atom. The van der Waals surface area contributed by atoms with E-state index in [9.17, 15) is 14.5 Å². The Hall–Kier alpha value is -0.420. The van der Waals surface area contributed by atoms with Gasteiger partial charge in [-0.05, 0) is 26.7 Å². The van der Waals surface area contributed by atoms with Crippen molar-refractivity contribution >= 4 is 13.6 Å². The van der Waals surface area contributed by atoms with Gasteiger partial charge in [0.2, 0.25) is 0 Å². The van der Waals surface area contributed by atoms with Crippen LogP contribution in [-0.2, 0) is 18.4 Å². The van der Waals surface area contributed by atoms with Crippen molar-refractivity contribution in [3.63, 3.8) is 0 Å². The molecule has 0 radical (unpaired) electrons. The topological polar surface area (TPSA) is 103 Å². The lowest BCUT2D eigenvalue weighted by atomic mass is 10.1. The molecular formula is C11H24NO5P. The van der Waals surface area contributed by atoms with Crippen LogP contribution in [0.15, 0.2) is 0 Å². The number of quaternary nitrogens is 1. The van der Waals surface area contributed by atoms with Crippen molar-refractivity contribution in [1.29, 1.82) is 0 Å². The number of hydrogen-bond donors (Lipinski definition) is 1. The maximum atomic E-state index is 12.1. The zero-order chi connectivity index (χ0) is 14.0. The van der Waals surface area contributed by atoms with E-state index in [-0.39, 0.29) is 0 Å². The summed E-state index contributed by atoms with van der Waals surface area (Å²) >= 11 is 0. The molecule has 0 bridgehead atoms. The van der Waals surface area contributed by atoms with E-state index in [1.807, 2.05) is 0 Å². The zero-order valence-corrected chi connectivity index (χ0v) is 12.1. The van der Waals surface area contributed by atoms with Gasteiger partial charge in [-0.15, -0.1) is 0 Å². The number of aliphatic carboxylic acids is 1. The van der Waals surface area contributed by atoms with E-state index in [2.05, 4.69) is 5.73 Å². The van der Waals surface area contributed by atoms with Gasteiger partial charge in [-0.2, -0.15) is 0 Å². The fraction of sp³-hybridized carbons (Fsp3) is 0.909. The first kappa shape index (κ1) is 17.6. The number of rotatable bonds is 11. The monoisotopic (exact) mass is 281 g/mol. The molecule has 0 aromatic heterocycles. The van der Waals surface area contributed by atoms with Crippen LogP contribution < -0.4 is 10.8 Å². The molecule has 0 fully saturated rings. The third-order valence-electron chi connectivity index (χ3n) is 2.47. The molecule has 108 valence electrons. The summed E-state index contributed by atoms with van der Waals surface area (Å²) in [4.78, 5) is 10.4. The molecule has 6 nitrogen and oxygen atoms in total. The Bertz CT molecular complexity index is 275. The highest BCUT2D eigenvalue weighted by Gasteiger charge is 2.22. The van der Waals surface area contributed by atoms with Crippen LogP contribution in [0.25, 0.3) is 0 Å². The lowest BCUT2D eigenvalue weighted by Crippen LogP contribution is -2.68. The Kier molecular flexibility index (Phi) is 9.28. The van der Waals surface area contributed by atoms with Crippen molar-refractivity contribution in [2.75, 3.05) is 19.4 Å². The SMILES string of the molecule is CCOP(=O)(CCCCC[C@@H]([NH3+])C(=O)[O-])OCC. The molecule has 0 aliphatic carbocycles. The minimum atomic E-state index is -2.95. The summed E-state index contributed by atoms with van der Waals surface area (Å²) in [5, 5.41) is 10.4. The van der Waals surface area contributed by atoms with Gasteiger partial charge in [-0.1, -0.05) is 6.42 Å². The summed E-state index contributed by atoms with van der Waals surface area (Å²) in [6, 6.07) is -0.671. The Morgan fingerprint density at radius 3 is 2.22 bits per heavy atom. The van der Waals surface area contributed by atoms with Gasteiger partial charge in [0.05, 0.1) is 25.3 Å². The number of carbonyl (C=O) groups excluding carboxylic acids is 1. The molecule has 1 atom stereocenters. The smallest absolute Gasteiger partial charge is 0.330 e. The van der Waals surface area contributed by atoms with Crippen molar-refractivity contribution in [1.82, 2.24) is 0 Å². The number of carboxylic acid groups (broad SMARTS) is 1. The molecular weight excluding hydrogens is 257 g/mol. The Morgan fingerprint density at radius 2 is 1.78 bits per heavy atom. The van der Waals surface area contributed by atoms with Gasteiger partial charge in [0.15, 0.2) is 0 Å². The Labute approximate surface area is 108 Å². The predicted molar refractivity (Wildman–Crippen MR) is 65.9 cm³/mol. The van der Waals surface area contributed by atoms with E-state index in [0.29, 0.717) is 32.2 Å². The second-order valence-corrected chi connectivity index (χ2v) is 6.22. The van der Waals surface area contributed by atoms with Crippen molar-refractivity contribution < 1.29 is 29.2 Å². The van der Waals surface area contributed by atoms with Crippen LogP contribution in [0.1, 0.15) is 39.5 Å². The first-order valence-corrected chi connectivity index (χ1v) is 8.10. The van der Waals surface area contributed by atoms with Crippen LogP contribution >= 0.6 is 7.60 Å². The van der Waals surface area contributed by atoms with Gasteiger partial charge < -0.3 is 24.7 Å². The van der Waals surface area contributed by atoms with Gasteiger partial charge in [0.25, 0.3) is 0 Å². The van der Waals surface area contributed by atoms with Gasteiger partial charge in [0, 0.05) is 6.42 Å². The molecule has 0 aliphatic heterocycles. The van der Waals surface area contributed by atoms with Crippen LogP contribution in [0.3, 0.4) is 0 Å². The van der Waals surface area contributed by atoms with Crippen LogP contribution in [0.4, 0.5) is 0 Å². The summed E-state index contributed by atoms with van der Waals surface area (Å²) in [5.41, 5.74) is 3.48. The standard InChI is InChI=1S/C11H24NO5P/c1-3-16-18(15,17-4-2)9-7-5-6-8-10(12)11(13)14/h10H,3-9,12H2,1-2H3,(H,13,14)/t10-/m1/s1. The average Bonchev–Trinajstić information content (AvgIpc) is 2.28. The molecule has 0 spiro atoms. The maximum absolute atomic E-state index is 12.1. The molecule has 18 heavy (non-hydrogen) atoms. The van der Waals surface area contributed by atoms with E-state index in [1.165, 1.54) is 0 Å². The minimum absolute atomic E-state index is 0.364. The summed E-state index contributed by atoms with van der Waals surface area (Å²) < 4.78 is 22.4. The molecule has 0 aromatic carbocycles. The fourth-order valence-electron chi connectivity index (χ4n) is 1.55. The second kappa shape index (κ2) is 9.50. The number of unbranched alkanes of at least 4 members (excludes halogenated alkanes) is 2. The first-order chi connectivity index (χ1) is 8.45. The quantitative estimate of drug-likeness (QED) is 0.429. The number of carboxylic acids is 1. The summed E-state index contributed by atoms with van der Waals surface area (Å²) in [5.74, 6) is -1.12. The van der Waals surface area contributed by atoms with E-state index in [1.54, 1.807) is 13.8 Å². The lowest BCUT2D eigenvalue weighted by Gasteiger charge is -2.16. The third kappa shape index (κ3) is 7.82. The lowest BCUT2D eigenvalue weighted by molar-refractivity contribution is -0.438. The van der Waals surface area contributed by atoms with Gasteiger partial charge in [-0.25, -0.2) is 0 Å². The maximum Gasteiger partial charge on any atom is 0.330 e. The third-order valence-corrected chi connectivity index (χ3v) is 4.64. The first-order valence-electron chi connectivity index (χ1n) is 6.37. The largest absolute Gasteiger partial charge is 0.544 e. The van der Waals surface area contributed by atoms with E-state index in [0.717, 1.165) is 12.8 Å². The highest BCUT2D eigenvalue weighted by Crippen LogP contribution is 2.48. The molecule has 0 aliphatic rings. The van der Waals surface area contributed by atoms with E-state index < -0.39 is 19.6 Å². The van der Waals surface area contributed by atoms with Crippen LogP contribution in [0, 0.1) is 0 Å². The highest BCUT2D eigenvalue weighted by molar-refractivity contribution is 7.53. The molecule has 0 aromatic rings. The number of carbonyl (C=O) groups is 1. The molecule has 0 saturated carbocycles. The predicted octanol–water partition coefficient (Wildman–Crippen LogP) is 0.173. The van der Waals surface area contributed by atoms with Crippen molar-refractivity contribution in [3.05, 3.63) is 0 Å². The van der Waals surface area contributed by atoms with Crippen molar-refractivity contribution in [2.45, 2.75) is 45.6 Å². The molecule has 0 heterocycles. The van der Waals surface area contributed by atoms with Crippen molar-refractivity contribution in [3.8, 4) is 0 Å². The fourth-order valence-corrected chi connectivity index (χ4v) is 3.28. The molecule has 0 unspecified atom stereocenters. The summed E-state index contributed by atoms with van der Waals surface area (Å²) in [6.07, 6.45) is 3.05. The van der Waals surface area contributed by atoms with Crippen LogP contribution in [0.2, 0.25) is 0 Å². The molecule has 7 heteroatoms. The van der Waals surface area contributed by atoms with Gasteiger partial charge in [-0.3, -0.25) is 4.57 Å². The highest BCUT2D eigenvalue weighted by atomic mass is 31.2. The molecule has 3 N–H and O–H groups in total. The number of hydrogen-bond acceptors (Lipinski definition) is 5. The zero-order valence-electron chi connectivity index (χ0n) is 11.2. The average molecular weight is 281 g/mol. The summed E-state index contributed by atoms with van der Waals surface area (Å²) in [7, 11) is -2.95. The van der Waals surface area contributed by atoms with E-state index in [4.69, 9.17) is 9.05 Å². The van der Waals surface area contributed by atoms with Crippen LogP contribution in [0.5, 0.6) is 0 Å². The minimum Gasteiger partial charge on any atom is -0.544 e. The normalized spacial score (nSPS) is 13.5. The van der Waals surface area contributed by atoms with Crippen molar-refractivity contribution in [2.24, 2.45) is 0 Å². The van der Waals surface area contributed by atoms with E-state index >= 15 is 0 Å². The molecule has 0 saturated heterocycles. The van der Waals surface area contributed by atoms with Crippen LogP contribution in [-0.4, -0.2) is 31.4 Å². The Balaban J connectivity index is 3.80. The summed E-state index contributed by atoms with van der Waals surface area (Å²) in [6.45, 7) is 4.28. The second-order valence-electron chi connectivity index (χ2n) is 4.04. The van der Waals surface area contributed by atoms with Gasteiger partial charge in [0.1, 0.15) is 6.04 Å². The molecule has 0 rings (SSSR count).